The fraction of sp³-hybridized carbons (Fsp3) is 0.0435. The highest BCUT2D eigenvalue weighted by molar-refractivity contribution is 6.09. The minimum Gasteiger partial charge on any atom is -0.309 e. The van der Waals surface area contributed by atoms with Crippen molar-refractivity contribution >= 4 is 27.9 Å². The summed E-state index contributed by atoms with van der Waals surface area (Å²) in [5, 5.41) is 20.3. The van der Waals surface area contributed by atoms with E-state index >= 15 is 0 Å². The van der Waals surface area contributed by atoms with Crippen LogP contribution in [-0.2, 0) is 0 Å². The summed E-state index contributed by atoms with van der Waals surface area (Å²) in [5.41, 5.74) is 5.52. The maximum absolute atomic E-state index is 9.00. The molecule has 4 rings (SSSR count). The molecular formula is C23H15N3. The van der Waals surface area contributed by atoms with Crippen molar-refractivity contribution in [2.45, 2.75) is 6.92 Å². The van der Waals surface area contributed by atoms with Crippen molar-refractivity contribution in [3.8, 4) is 17.8 Å². The Balaban J connectivity index is 2.04. The maximum Gasteiger partial charge on any atom is 0.130 e. The van der Waals surface area contributed by atoms with E-state index in [1.54, 1.807) is 6.08 Å². The normalized spacial score (nSPS) is 10.4. The molecule has 0 bridgehead atoms. The van der Waals surface area contributed by atoms with Crippen LogP contribution >= 0.6 is 0 Å². The lowest BCUT2D eigenvalue weighted by molar-refractivity contribution is 1.17. The van der Waals surface area contributed by atoms with Crippen molar-refractivity contribution in [2.24, 2.45) is 0 Å². The van der Waals surface area contributed by atoms with Gasteiger partial charge >= 0.3 is 0 Å². The molecule has 0 aliphatic carbocycles. The first-order valence-electron chi connectivity index (χ1n) is 8.33. The van der Waals surface area contributed by atoms with Crippen molar-refractivity contribution in [3.63, 3.8) is 0 Å². The third-order valence-electron chi connectivity index (χ3n) is 4.54. The number of allylic oxidation sites excluding steroid dienone is 1. The van der Waals surface area contributed by atoms with Crippen LogP contribution in [0.3, 0.4) is 0 Å². The minimum atomic E-state index is 0.103. The molecule has 0 N–H and O–H groups in total. The fourth-order valence-electron chi connectivity index (χ4n) is 3.31. The number of nitrogens with zero attached hydrogens (tertiary/aromatic N) is 3. The first-order valence-corrected chi connectivity index (χ1v) is 8.33. The predicted octanol–water partition coefficient (Wildman–Crippen LogP) is 5.52. The van der Waals surface area contributed by atoms with Crippen LogP contribution < -0.4 is 0 Å². The van der Waals surface area contributed by atoms with E-state index in [9.17, 15) is 0 Å². The molecule has 0 saturated carbocycles. The van der Waals surface area contributed by atoms with Gasteiger partial charge in [-0.15, -0.1) is 0 Å². The molecule has 0 radical (unpaired) electrons. The molecule has 0 aliphatic heterocycles. The van der Waals surface area contributed by atoms with Crippen molar-refractivity contribution < 1.29 is 0 Å². The van der Waals surface area contributed by atoms with Gasteiger partial charge in [-0.05, 0) is 48.9 Å². The van der Waals surface area contributed by atoms with E-state index in [1.165, 1.54) is 5.56 Å². The molecular weight excluding hydrogens is 318 g/mol. The summed E-state index contributed by atoms with van der Waals surface area (Å²) in [4.78, 5) is 0. The monoisotopic (exact) mass is 333 g/mol. The Kier molecular flexibility index (Phi) is 3.77. The van der Waals surface area contributed by atoms with Crippen LogP contribution in [0.4, 0.5) is 0 Å². The molecule has 0 aliphatic rings. The first kappa shape index (κ1) is 15.7. The van der Waals surface area contributed by atoms with Crippen LogP contribution in [0.2, 0.25) is 0 Å². The summed E-state index contributed by atoms with van der Waals surface area (Å²) in [7, 11) is 0. The van der Waals surface area contributed by atoms with Gasteiger partial charge in [0.1, 0.15) is 17.7 Å². The van der Waals surface area contributed by atoms with Crippen LogP contribution in [0, 0.1) is 29.6 Å². The van der Waals surface area contributed by atoms with Crippen molar-refractivity contribution in [1.82, 2.24) is 4.57 Å². The van der Waals surface area contributed by atoms with Gasteiger partial charge in [0.15, 0.2) is 0 Å². The number of aryl methyl sites for hydroxylation is 1. The highest BCUT2D eigenvalue weighted by atomic mass is 15.0. The number of fused-ring (bicyclic) bond motifs is 3. The Bertz CT molecular complexity index is 1230. The summed E-state index contributed by atoms with van der Waals surface area (Å²) in [5.74, 6) is 0. The molecule has 1 heterocycles. The molecule has 0 atom stereocenters. The molecule has 0 amide bonds. The Hall–Kier alpha value is -3.82. The van der Waals surface area contributed by atoms with Crippen LogP contribution in [0.5, 0.6) is 0 Å². The molecule has 122 valence electrons. The van der Waals surface area contributed by atoms with Gasteiger partial charge in [0, 0.05) is 16.5 Å². The fourth-order valence-corrected chi connectivity index (χ4v) is 3.31. The van der Waals surface area contributed by atoms with Gasteiger partial charge in [-0.3, -0.25) is 0 Å². The lowest BCUT2D eigenvalue weighted by Crippen LogP contribution is -1.93. The smallest absolute Gasteiger partial charge is 0.130 e. The quantitative estimate of drug-likeness (QED) is 0.453. The van der Waals surface area contributed by atoms with E-state index in [0.717, 1.165) is 33.1 Å². The van der Waals surface area contributed by atoms with Gasteiger partial charge in [0.05, 0.1) is 11.0 Å². The average Bonchev–Trinajstić information content (AvgIpc) is 3.01. The minimum absolute atomic E-state index is 0.103. The van der Waals surface area contributed by atoms with Crippen LogP contribution in [-0.4, -0.2) is 4.57 Å². The number of aromatic nitrogens is 1. The molecule has 3 nitrogen and oxygen atoms in total. The van der Waals surface area contributed by atoms with Crippen LogP contribution in [0.15, 0.2) is 72.3 Å². The molecule has 26 heavy (non-hydrogen) atoms. The third kappa shape index (κ3) is 2.53. The van der Waals surface area contributed by atoms with Crippen LogP contribution in [0.25, 0.3) is 33.6 Å². The van der Waals surface area contributed by atoms with Gasteiger partial charge < -0.3 is 4.57 Å². The van der Waals surface area contributed by atoms with E-state index in [-0.39, 0.29) is 5.57 Å². The van der Waals surface area contributed by atoms with E-state index in [4.69, 9.17) is 10.5 Å². The predicted molar refractivity (Wildman–Crippen MR) is 105 cm³/mol. The number of para-hydroxylation sites is 1. The molecule has 0 saturated heterocycles. The van der Waals surface area contributed by atoms with E-state index in [2.05, 4.69) is 47.9 Å². The summed E-state index contributed by atoms with van der Waals surface area (Å²) >= 11 is 0. The SMILES string of the molecule is Cc1ccc(-n2c3ccccc3c3cc(C=C(C#N)C#N)ccc32)cc1. The molecule has 0 spiro atoms. The number of hydrogen-bond acceptors (Lipinski definition) is 2. The second-order valence-corrected chi connectivity index (χ2v) is 6.25. The van der Waals surface area contributed by atoms with Gasteiger partial charge in [-0.2, -0.15) is 10.5 Å². The summed E-state index contributed by atoms with van der Waals surface area (Å²) in [6.45, 7) is 2.08. The average molecular weight is 333 g/mol. The number of rotatable bonds is 2. The third-order valence-corrected chi connectivity index (χ3v) is 4.54. The summed E-state index contributed by atoms with van der Waals surface area (Å²) in [6, 6.07) is 26.6. The second-order valence-electron chi connectivity index (χ2n) is 6.25. The topological polar surface area (TPSA) is 52.5 Å². The molecule has 1 aromatic heterocycles. The van der Waals surface area contributed by atoms with Crippen molar-refractivity contribution in [1.29, 1.82) is 10.5 Å². The lowest BCUT2D eigenvalue weighted by Gasteiger charge is -2.08. The molecule has 3 heteroatoms. The number of hydrogen-bond donors (Lipinski definition) is 0. The van der Waals surface area contributed by atoms with Crippen molar-refractivity contribution in [3.05, 3.63) is 83.4 Å². The number of benzene rings is 3. The Morgan fingerprint density at radius 2 is 1.54 bits per heavy atom. The number of nitriles is 2. The van der Waals surface area contributed by atoms with Crippen LogP contribution in [0.1, 0.15) is 11.1 Å². The van der Waals surface area contributed by atoms with Gasteiger partial charge in [0.25, 0.3) is 0 Å². The van der Waals surface area contributed by atoms with Gasteiger partial charge in [-0.25, -0.2) is 0 Å². The lowest BCUT2D eigenvalue weighted by atomic mass is 10.1. The summed E-state index contributed by atoms with van der Waals surface area (Å²) < 4.78 is 2.24. The zero-order valence-electron chi connectivity index (χ0n) is 14.3. The highest BCUT2D eigenvalue weighted by Crippen LogP contribution is 2.33. The first-order chi connectivity index (χ1) is 12.7. The van der Waals surface area contributed by atoms with Crippen molar-refractivity contribution in [2.75, 3.05) is 0 Å². The Labute approximate surface area is 151 Å². The van der Waals surface area contributed by atoms with Gasteiger partial charge in [0.2, 0.25) is 0 Å². The van der Waals surface area contributed by atoms with E-state index < -0.39 is 0 Å². The molecule has 4 aromatic rings. The summed E-state index contributed by atoms with van der Waals surface area (Å²) in [6.07, 6.45) is 1.62. The molecule has 0 fully saturated rings. The molecule has 0 unspecified atom stereocenters. The van der Waals surface area contributed by atoms with E-state index in [0.29, 0.717) is 0 Å². The Morgan fingerprint density at radius 3 is 2.27 bits per heavy atom. The largest absolute Gasteiger partial charge is 0.309 e. The Morgan fingerprint density at radius 1 is 0.846 bits per heavy atom. The maximum atomic E-state index is 9.00. The highest BCUT2D eigenvalue weighted by Gasteiger charge is 2.12. The standard InChI is InChI=1S/C23H15N3/c1-16-6-9-19(10-7-16)26-22-5-3-2-4-20(22)21-13-17(8-11-23(21)26)12-18(14-24)15-25/h2-13H,1H3. The van der Waals surface area contributed by atoms with E-state index in [1.807, 2.05) is 42.5 Å². The molecule has 3 aromatic carbocycles. The second kappa shape index (κ2) is 6.24. The van der Waals surface area contributed by atoms with Gasteiger partial charge in [-0.1, -0.05) is 42.0 Å². The zero-order chi connectivity index (χ0) is 18.1. The zero-order valence-corrected chi connectivity index (χ0v) is 14.3.